The third-order valence-electron chi connectivity index (χ3n) is 3.98. The Balaban J connectivity index is 1.94. The van der Waals surface area contributed by atoms with Crippen LogP contribution < -0.4 is 5.73 Å². The molecule has 2 rings (SSSR count). The summed E-state index contributed by atoms with van der Waals surface area (Å²) >= 11 is 0. The van der Waals surface area contributed by atoms with E-state index in [0.717, 1.165) is 19.0 Å². The van der Waals surface area contributed by atoms with Gasteiger partial charge in [0.05, 0.1) is 5.69 Å². The van der Waals surface area contributed by atoms with E-state index in [9.17, 15) is 0 Å². The van der Waals surface area contributed by atoms with Crippen molar-refractivity contribution in [2.75, 3.05) is 19.6 Å². The highest BCUT2D eigenvalue weighted by molar-refractivity contribution is 5.15. The van der Waals surface area contributed by atoms with E-state index in [0.29, 0.717) is 6.04 Å². The first-order chi connectivity index (χ1) is 8.60. The molecule has 0 radical (unpaired) electrons. The first kappa shape index (κ1) is 13.6. The second-order valence-electron chi connectivity index (χ2n) is 5.77. The second-order valence-corrected chi connectivity index (χ2v) is 5.77. The lowest BCUT2D eigenvalue weighted by atomic mass is 9.97. The van der Waals surface area contributed by atoms with Gasteiger partial charge in [-0.15, -0.1) is 0 Å². The highest BCUT2D eigenvalue weighted by Gasteiger charge is 2.19. The van der Waals surface area contributed by atoms with Crippen LogP contribution in [0.15, 0.2) is 6.20 Å². The molecule has 4 heteroatoms. The molecule has 0 atom stereocenters. The summed E-state index contributed by atoms with van der Waals surface area (Å²) in [6, 6.07) is 0.445. The fraction of sp³-hybridized carbons (Fsp3) is 0.786. The van der Waals surface area contributed by atoms with E-state index in [-0.39, 0.29) is 0 Å². The normalized spacial score (nSPS) is 18.7. The zero-order valence-corrected chi connectivity index (χ0v) is 11.9. The van der Waals surface area contributed by atoms with Gasteiger partial charge >= 0.3 is 0 Å². The zero-order chi connectivity index (χ0) is 13.1. The lowest BCUT2D eigenvalue weighted by Crippen LogP contribution is -2.35. The molecule has 0 bridgehead atoms. The molecular formula is C14H26N4. The van der Waals surface area contributed by atoms with Crippen molar-refractivity contribution in [2.24, 2.45) is 11.7 Å². The van der Waals surface area contributed by atoms with Crippen molar-refractivity contribution >= 4 is 0 Å². The van der Waals surface area contributed by atoms with Crippen molar-refractivity contribution in [3.05, 3.63) is 17.5 Å². The van der Waals surface area contributed by atoms with Gasteiger partial charge in [-0.3, -0.25) is 9.58 Å². The summed E-state index contributed by atoms with van der Waals surface area (Å²) in [5.74, 6) is 0.737. The second kappa shape index (κ2) is 5.85. The van der Waals surface area contributed by atoms with E-state index in [2.05, 4.69) is 41.6 Å². The average Bonchev–Trinajstić information content (AvgIpc) is 2.72. The molecule has 2 N–H and O–H groups in total. The molecule has 18 heavy (non-hydrogen) atoms. The van der Waals surface area contributed by atoms with Gasteiger partial charge in [-0.2, -0.15) is 5.10 Å². The molecule has 0 spiro atoms. The third kappa shape index (κ3) is 3.12. The van der Waals surface area contributed by atoms with Gasteiger partial charge in [0.25, 0.3) is 0 Å². The summed E-state index contributed by atoms with van der Waals surface area (Å²) in [6.45, 7) is 10.7. The maximum absolute atomic E-state index is 5.73. The molecule has 1 aliphatic heterocycles. The molecule has 0 aliphatic carbocycles. The lowest BCUT2D eigenvalue weighted by molar-refractivity contribution is 0.180. The van der Waals surface area contributed by atoms with E-state index in [1.807, 2.05) is 0 Å². The Kier molecular flexibility index (Phi) is 4.40. The Morgan fingerprint density at radius 2 is 2.06 bits per heavy atom. The number of aromatic nitrogens is 2. The van der Waals surface area contributed by atoms with Crippen molar-refractivity contribution in [3.8, 4) is 0 Å². The third-order valence-corrected chi connectivity index (χ3v) is 3.98. The largest absolute Gasteiger partial charge is 0.330 e. The molecule has 0 saturated carbocycles. The van der Waals surface area contributed by atoms with Crippen LogP contribution in [0.2, 0.25) is 0 Å². The van der Waals surface area contributed by atoms with Gasteiger partial charge in [0.2, 0.25) is 0 Å². The standard InChI is InChI=1S/C14H26N4/c1-11(2)18-10-14(12(3)16-18)9-17-6-4-13(8-15)5-7-17/h10-11,13H,4-9,15H2,1-3H3. The Hall–Kier alpha value is -0.870. The van der Waals surface area contributed by atoms with Crippen molar-refractivity contribution < 1.29 is 0 Å². The molecule has 0 unspecified atom stereocenters. The molecule has 102 valence electrons. The molecular weight excluding hydrogens is 224 g/mol. The molecule has 1 aliphatic rings. The topological polar surface area (TPSA) is 47.1 Å². The SMILES string of the molecule is Cc1nn(C(C)C)cc1CN1CCC(CN)CC1. The van der Waals surface area contributed by atoms with Crippen LogP contribution in [-0.2, 0) is 6.54 Å². The van der Waals surface area contributed by atoms with Gasteiger partial charge in [0.1, 0.15) is 0 Å². The summed E-state index contributed by atoms with van der Waals surface area (Å²) < 4.78 is 2.07. The minimum absolute atomic E-state index is 0.445. The Morgan fingerprint density at radius 3 is 2.56 bits per heavy atom. The van der Waals surface area contributed by atoms with Crippen molar-refractivity contribution in [1.29, 1.82) is 0 Å². The maximum Gasteiger partial charge on any atom is 0.0638 e. The first-order valence-electron chi connectivity index (χ1n) is 7.07. The van der Waals surface area contributed by atoms with Crippen LogP contribution in [-0.4, -0.2) is 34.3 Å². The number of nitrogens with zero attached hydrogens (tertiary/aromatic N) is 3. The number of piperidine rings is 1. The lowest BCUT2D eigenvalue weighted by Gasteiger charge is -2.31. The maximum atomic E-state index is 5.73. The Morgan fingerprint density at radius 1 is 1.39 bits per heavy atom. The van der Waals surface area contributed by atoms with Crippen LogP contribution in [0.1, 0.15) is 44.0 Å². The average molecular weight is 250 g/mol. The highest BCUT2D eigenvalue weighted by atomic mass is 15.3. The van der Waals surface area contributed by atoms with Gasteiger partial charge < -0.3 is 5.73 Å². The Labute approximate surface area is 110 Å². The predicted octanol–water partition coefficient (Wildman–Crippen LogP) is 1.94. The van der Waals surface area contributed by atoms with Crippen molar-refractivity contribution in [3.63, 3.8) is 0 Å². The minimum atomic E-state index is 0.445. The van der Waals surface area contributed by atoms with Crippen LogP contribution in [0, 0.1) is 12.8 Å². The van der Waals surface area contributed by atoms with E-state index in [4.69, 9.17) is 5.73 Å². The van der Waals surface area contributed by atoms with E-state index in [1.54, 1.807) is 0 Å². The van der Waals surface area contributed by atoms with E-state index in [1.165, 1.54) is 37.2 Å². The van der Waals surface area contributed by atoms with Gasteiger partial charge in [-0.25, -0.2) is 0 Å². The molecule has 2 heterocycles. The first-order valence-corrected chi connectivity index (χ1v) is 7.07. The fourth-order valence-electron chi connectivity index (χ4n) is 2.56. The van der Waals surface area contributed by atoms with Crippen LogP contribution in [0.5, 0.6) is 0 Å². The highest BCUT2D eigenvalue weighted by Crippen LogP contribution is 2.19. The van der Waals surface area contributed by atoms with E-state index < -0.39 is 0 Å². The minimum Gasteiger partial charge on any atom is -0.330 e. The molecule has 1 aromatic heterocycles. The van der Waals surface area contributed by atoms with Crippen LogP contribution >= 0.6 is 0 Å². The number of hydrogen-bond donors (Lipinski definition) is 1. The van der Waals surface area contributed by atoms with Crippen LogP contribution in [0.25, 0.3) is 0 Å². The van der Waals surface area contributed by atoms with Gasteiger partial charge in [-0.05, 0) is 59.2 Å². The number of aryl methyl sites for hydroxylation is 1. The molecule has 1 fully saturated rings. The molecule has 1 aromatic rings. The molecule has 1 saturated heterocycles. The van der Waals surface area contributed by atoms with Crippen LogP contribution in [0.4, 0.5) is 0 Å². The summed E-state index contributed by atoms with van der Waals surface area (Å²) in [6.07, 6.45) is 4.69. The summed E-state index contributed by atoms with van der Waals surface area (Å²) in [4.78, 5) is 2.53. The van der Waals surface area contributed by atoms with Gasteiger partial charge in [0.15, 0.2) is 0 Å². The number of likely N-dealkylation sites (tertiary alicyclic amines) is 1. The van der Waals surface area contributed by atoms with Crippen molar-refractivity contribution in [1.82, 2.24) is 14.7 Å². The summed E-state index contributed by atoms with van der Waals surface area (Å²) in [5, 5.41) is 4.58. The quantitative estimate of drug-likeness (QED) is 0.888. The molecule has 0 amide bonds. The number of rotatable bonds is 4. The molecule has 0 aromatic carbocycles. The zero-order valence-electron chi connectivity index (χ0n) is 11.9. The Bertz CT molecular complexity index is 375. The summed E-state index contributed by atoms with van der Waals surface area (Å²) in [7, 11) is 0. The summed E-state index contributed by atoms with van der Waals surface area (Å²) in [5.41, 5.74) is 8.27. The number of nitrogens with two attached hydrogens (primary N) is 1. The van der Waals surface area contributed by atoms with Gasteiger partial charge in [-0.1, -0.05) is 0 Å². The van der Waals surface area contributed by atoms with Crippen molar-refractivity contribution in [2.45, 2.75) is 46.2 Å². The van der Waals surface area contributed by atoms with Crippen LogP contribution in [0.3, 0.4) is 0 Å². The number of hydrogen-bond acceptors (Lipinski definition) is 3. The van der Waals surface area contributed by atoms with Gasteiger partial charge in [0, 0.05) is 24.3 Å². The fourth-order valence-corrected chi connectivity index (χ4v) is 2.56. The predicted molar refractivity (Wildman–Crippen MR) is 74.4 cm³/mol. The monoisotopic (exact) mass is 250 g/mol. The molecule has 4 nitrogen and oxygen atoms in total. The smallest absolute Gasteiger partial charge is 0.0638 e. The van der Waals surface area contributed by atoms with E-state index >= 15 is 0 Å².